The third-order valence-electron chi connectivity index (χ3n) is 2.89. The predicted molar refractivity (Wildman–Crippen MR) is 71.0 cm³/mol. The highest BCUT2D eigenvalue weighted by Crippen LogP contribution is 2.25. The molecule has 0 aliphatic carbocycles. The van der Waals surface area contributed by atoms with Gasteiger partial charge in [-0.3, -0.25) is 0 Å². The minimum Gasteiger partial charge on any atom is -0.345 e. The molecule has 0 unspecified atom stereocenters. The van der Waals surface area contributed by atoms with Crippen molar-refractivity contribution in [1.82, 2.24) is 15.3 Å². The van der Waals surface area contributed by atoms with Crippen LogP contribution >= 0.6 is 0 Å². The Morgan fingerprint density at radius 1 is 1.24 bits per heavy atom. The first-order chi connectivity index (χ1) is 8.11. The Morgan fingerprint density at radius 2 is 2.00 bits per heavy atom. The highest BCUT2D eigenvalue weighted by atomic mass is 15.0. The van der Waals surface area contributed by atoms with Gasteiger partial charge in [-0.25, -0.2) is 4.98 Å². The van der Waals surface area contributed by atoms with Crippen LogP contribution in [0.3, 0.4) is 0 Å². The maximum atomic E-state index is 4.59. The van der Waals surface area contributed by atoms with Crippen molar-refractivity contribution in [1.29, 1.82) is 0 Å². The van der Waals surface area contributed by atoms with Gasteiger partial charge in [0.1, 0.15) is 5.82 Å². The third kappa shape index (κ3) is 2.39. The van der Waals surface area contributed by atoms with Crippen LogP contribution < -0.4 is 5.32 Å². The van der Waals surface area contributed by atoms with Crippen molar-refractivity contribution in [3.63, 3.8) is 0 Å². The Kier molecular flexibility index (Phi) is 3.29. The Balaban J connectivity index is 2.51. The smallest absolute Gasteiger partial charge is 0.103 e. The van der Waals surface area contributed by atoms with Crippen LogP contribution in [0.15, 0.2) is 18.2 Å². The molecule has 0 spiro atoms. The summed E-state index contributed by atoms with van der Waals surface area (Å²) in [6.45, 7) is 7.05. The largest absolute Gasteiger partial charge is 0.345 e. The van der Waals surface area contributed by atoms with Gasteiger partial charge in [-0.15, -0.1) is 0 Å². The molecule has 0 radical (unpaired) electrons. The van der Waals surface area contributed by atoms with Crippen LogP contribution in [0.5, 0.6) is 0 Å². The highest BCUT2D eigenvalue weighted by Gasteiger charge is 2.11. The summed E-state index contributed by atoms with van der Waals surface area (Å²) in [5.74, 6) is 0.963. The van der Waals surface area contributed by atoms with Gasteiger partial charge in [-0.1, -0.05) is 23.8 Å². The number of hydrogen-bond donors (Lipinski definition) is 2. The number of aryl methyl sites for hydroxylation is 3. The molecule has 3 nitrogen and oxygen atoms in total. The summed E-state index contributed by atoms with van der Waals surface area (Å²) in [5.41, 5.74) is 5.99. The molecule has 1 aromatic heterocycles. The number of nitrogens with zero attached hydrogens (tertiary/aromatic N) is 1. The van der Waals surface area contributed by atoms with E-state index in [1.165, 1.54) is 16.7 Å². The Hall–Kier alpha value is -1.61. The lowest BCUT2D eigenvalue weighted by molar-refractivity contribution is 0.796. The van der Waals surface area contributed by atoms with Crippen LogP contribution in [-0.4, -0.2) is 17.0 Å². The lowest BCUT2D eigenvalue weighted by Crippen LogP contribution is -2.06. The normalized spacial score (nSPS) is 10.8. The molecule has 0 fully saturated rings. The summed E-state index contributed by atoms with van der Waals surface area (Å²) in [6.07, 6.45) is 0. The summed E-state index contributed by atoms with van der Waals surface area (Å²) in [6, 6.07) is 6.48. The first-order valence-corrected chi connectivity index (χ1v) is 5.89. The molecule has 0 aliphatic heterocycles. The van der Waals surface area contributed by atoms with Gasteiger partial charge in [0.25, 0.3) is 0 Å². The molecule has 2 aromatic rings. The van der Waals surface area contributed by atoms with E-state index < -0.39 is 0 Å². The van der Waals surface area contributed by atoms with Crippen LogP contribution in [0.4, 0.5) is 0 Å². The number of hydrogen-bond acceptors (Lipinski definition) is 2. The van der Waals surface area contributed by atoms with E-state index in [9.17, 15) is 0 Å². The second-order valence-electron chi connectivity index (χ2n) is 4.50. The second kappa shape index (κ2) is 4.72. The molecule has 17 heavy (non-hydrogen) atoms. The van der Waals surface area contributed by atoms with E-state index in [1.807, 2.05) is 14.0 Å². The number of aromatic nitrogens is 2. The Labute approximate surface area is 102 Å². The lowest BCUT2D eigenvalue weighted by Gasteiger charge is -2.06. The van der Waals surface area contributed by atoms with Gasteiger partial charge in [0.15, 0.2) is 0 Å². The Bertz CT molecular complexity index is 526. The van der Waals surface area contributed by atoms with Gasteiger partial charge in [-0.05, 0) is 33.4 Å². The molecule has 0 bridgehead atoms. The van der Waals surface area contributed by atoms with E-state index in [0.717, 1.165) is 23.8 Å². The minimum absolute atomic E-state index is 0.809. The summed E-state index contributed by atoms with van der Waals surface area (Å²) < 4.78 is 0. The number of H-pyrrole nitrogens is 1. The average Bonchev–Trinajstić information content (AvgIpc) is 2.60. The fraction of sp³-hybridized carbons (Fsp3) is 0.357. The fourth-order valence-corrected chi connectivity index (χ4v) is 2.15. The molecule has 0 atom stereocenters. The van der Waals surface area contributed by atoms with Gasteiger partial charge < -0.3 is 10.3 Å². The first kappa shape index (κ1) is 11.9. The zero-order valence-corrected chi connectivity index (χ0v) is 10.9. The summed E-state index contributed by atoms with van der Waals surface area (Å²) in [4.78, 5) is 7.91. The number of nitrogens with one attached hydrogen (secondary N) is 2. The number of rotatable bonds is 3. The van der Waals surface area contributed by atoms with Crippen molar-refractivity contribution in [2.45, 2.75) is 27.3 Å². The molecule has 2 N–H and O–H groups in total. The summed E-state index contributed by atoms with van der Waals surface area (Å²) >= 11 is 0. The molecule has 2 rings (SSSR count). The van der Waals surface area contributed by atoms with E-state index in [1.54, 1.807) is 0 Å². The standard InChI is InChI=1S/C14H19N3/c1-9-5-6-12(10(2)7-9)14-13(8-15-4)16-11(3)17-14/h5-7,15H,8H2,1-4H3,(H,16,17). The number of imidazole rings is 1. The topological polar surface area (TPSA) is 40.7 Å². The minimum atomic E-state index is 0.809. The van der Waals surface area contributed by atoms with Crippen molar-refractivity contribution >= 4 is 0 Å². The van der Waals surface area contributed by atoms with Gasteiger partial charge in [0.05, 0.1) is 11.4 Å². The molecule has 3 heteroatoms. The molecule has 0 saturated carbocycles. The van der Waals surface area contributed by atoms with Crippen molar-refractivity contribution in [2.75, 3.05) is 7.05 Å². The van der Waals surface area contributed by atoms with Crippen LogP contribution in [0.1, 0.15) is 22.6 Å². The maximum absolute atomic E-state index is 4.59. The zero-order chi connectivity index (χ0) is 12.4. The zero-order valence-electron chi connectivity index (χ0n) is 10.9. The van der Waals surface area contributed by atoms with E-state index in [0.29, 0.717) is 0 Å². The fourth-order valence-electron chi connectivity index (χ4n) is 2.15. The molecular formula is C14H19N3. The van der Waals surface area contributed by atoms with Gasteiger partial charge in [0.2, 0.25) is 0 Å². The van der Waals surface area contributed by atoms with E-state index in [-0.39, 0.29) is 0 Å². The van der Waals surface area contributed by atoms with Crippen LogP contribution in [0, 0.1) is 20.8 Å². The van der Waals surface area contributed by atoms with Crippen molar-refractivity contribution < 1.29 is 0 Å². The number of benzene rings is 1. The molecule has 0 aliphatic rings. The van der Waals surface area contributed by atoms with E-state index in [2.05, 4.69) is 47.3 Å². The van der Waals surface area contributed by atoms with Gasteiger partial charge >= 0.3 is 0 Å². The Morgan fingerprint density at radius 3 is 2.65 bits per heavy atom. The van der Waals surface area contributed by atoms with Crippen molar-refractivity contribution in [3.8, 4) is 11.3 Å². The summed E-state index contributed by atoms with van der Waals surface area (Å²) in [7, 11) is 1.95. The molecule has 90 valence electrons. The van der Waals surface area contributed by atoms with Crippen LogP contribution in [0.2, 0.25) is 0 Å². The van der Waals surface area contributed by atoms with E-state index in [4.69, 9.17) is 0 Å². The number of aromatic amines is 1. The molecule has 0 saturated heterocycles. The first-order valence-electron chi connectivity index (χ1n) is 5.89. The molecule has 0 amide bonds. The second-order valence-corrected chi connectivity index (χ2v) is 4.50. The molecule has 1 heterocycles. The SMILES string of the molecule is CNCc1[nH]c(C)nc1-c1ccc(C)cc1C. The average molecular weight is 229 g/mol. The molecular weight excluding hydrogens is 210 g/mol. The third-order valence-corrected chi connectivity index (χ3v) is 2.89. The highest BCUT2D eigenvalue weighted by molar-refractivity contribution is 5.66. The van der Waals surface area contributed by atoms with Crippen molar-refractivity contribution in [3.05, 3.63) is 40.8 Å². The summed E-state index contributed by atoms with van der Waals surface area (Å²) in [5, 5.41) is 3.17. The van der Waals surface area contributed by atoms with E-state index >= 15 is 0 Å². The van der Waals surface area contributed by atoms with Crippen LogP contribution in [-0.2, 0) is 6.54 Å². The monoisotopic (exact) mass is 229 g/mol. The molecule has 1 aromatic carbocycles. The van der Waals surface area contributed by atoms with Crippen molar-refractivity contribution in [2.24, 2.45) is 0 Å². The predicted octanol–water partition coefficient (Wildman–Crippen LogP) is 2.72. The maximum Gasteiger partial charge on any atom is 0.103 e. The van der Waals surface area contributed by atoms with Gasteiger partial charge in [-0.2, -0.15) is 0 Å². The van der Waals surface area contributed by atoms with Crippen LogP contribution in [0.25, 0.3) is 11.3 Å². The lowest BCUT2D eigenvalue weighted by atomic mass is 10.0. The quantitative estimate of drug-likeness (QED) is 0.849. The van der Waals surface area contributed by atoms with Gasteiger partial charge in [0, 0.05) is 12.1 Å².